The van der Waals surface area contributed by atoms with Gasteiger partial charge in [-0.25, -0.2) is 4.39 Å². The zero-order valence-electron chi connectivity index (χ0n) is 13.6. The molecule has 3 N–H and O–H groups in total. The van der Waals surface area contributed by atoms with Gasteiger partial charge in [0.25, 0.3) is 0 Å². The molecule has 1 aromatic heterocycles. The van der Waals surface area contributed by atoms with Gasteiger partial charge in [-0.05, 0) is 43.5 Å². The molecule has 0 radical (unpaired) electrons. The molecule has 1 aliphatic carbocycles. The Balaban J connectivity index is 1.83. The molecule has 1 aliphatic rings. The third-order valence-electron chi connectivity index (χ3n) is 4.68. The number of alkyl halides is 1. The number of pyridine rings is 1. The van der Waals surface area contributed by atoms with E-state index in [4.69, 9.17) is 23.2 Å². The molecule has 0 aliphatic heterocycles. The van der Waals surface area contributed by atoms with E-state index in [1.165, 1.54) is 6.20 Å². The van der Waals surface area contributed by atoms with Crippen LogP contribution in [0.2, 0.25) is 10.0 Å². The maximum absolute atomic E-state index is 15.7. The smallest absolute Gasteiger partial charge is 0.176 e. The number of halogens is 3. The molecule has 0 amide bonds. The van der Waals surface area contributed by atoms with Crippen molar-refractivity contribution in [3.05, 3.63) is 63.4 Å². The Kier molecular flexibility index (Phi) is 5.06. The number of hydrogen-bond acceptors (Lipinski definition) is 4. The molecule has 1 unspecified atom stereocenters. The number of aliphatic hydroxyl groups excluding tert-OH is 1. The van der Waals surface area contributed by atoms with E-state index in [1.807, 2.05) is 0 Å². The van der Waals surface area contributed by atoms with Gasteiger partial charge in [0.1, 0.15) is 11.8 Å². The van der Waals surface area contributed by atoms with Crippen LogP contribution in [0, 0.1) is 0 Å². The van der Waals surface area contributed by atoms with Crippen LogP contribution in [0.3, 0.4) is 0 Å². The summed E-state index contributed by atoms with van der Waals surface area (Å²) < 4.78 is 15.7. The van der Waals surface area contributed by atoms with Gasteiger partial charge in [0, 0.05) is 28.4 Å². The molecule has 0 saturated heterocycles. The van der Waals surface area contributed by atoms with E-state index in [0.29, 0.717) is 15.6 Å². The number of rotatable bonds is 4. The van der Waals surface area contributed by atoms with Crippen molar-refractivity contribution in [1.29, 1.82) is 0 Å². The number of benzene rings is 1. The first kappa shape index (κ1) is 18.5. The fourth-order valence-corrected chi connectivity index (χ4v) is 3.64. The third kappa shape index (κ3) is 3.52. The Morgan fingerprint density at radius 2 is 2.08 bits per heavy atom. The van der Waals surface area contributed by atoms with Crippen LogP contribution >= 0.6 is 23.2 Å². The summed E-state index contributed by atoms with van der Waals surface area (Å²) in [7, 11) is 0. The molecule has 134 valence electrons. The lowest BCUT2D eigenvalue weighted by Gasteiger charge is -2.41. The van der Waals surface area contributed by atoms with Crippen molar-refractivity contribution in [3.8, 4) is 0 Å². The molecule has 25 heavy (non-hydrogen) atoms. The SMILES string of the molecule is C[C@]1(O)CC[C@@](F)(C(O)NCc2ccc(Cl)cc2Cl)c2cccnc21. The van der Waals surface area contributed by atoms with Gasteiger partial charge in [0.2, 0.25) is 0 Å². The van der Waals surface area contributed by atoms with Crippen molar-refractivity contribution < 1.29 is 14.6 Å². The fourth-order valence-electron chi connectivity index (χ4n) is 3.17. The van der Waals surface area contributed by atoms with Gasteiger partial charge in [-0.1, -0.05) is 35.3 Å². The molecular weight excluding hydrogens is 366 g/mol. The van der Waals surface area contributed by atoms with Gasteiger partial charge >= 0.3 is 0 Å². The summed E-state index contributed by atoms with van der Waals surface area (Å²) in [6, 6.07) is 8.14. The lowest BCUT2D eigenvalue weighted by molar-refractivity contribution is -0.0780. The molecule has 7 heteroatoms. The molecule has 1 aromatic carbocycles. The highest BCUT2D eigenvalue weighted by Crippen LogP contribution is 2.46. The number of nitrogens with one attached hydrogen (secondary N) is 1. The van der Waals surface area contributed by atoms with Crippen molar-refractivity contribution in [2.75, 3.05) is 0 Å². The van der Waals surface area contributed by atoms with E-state index >= 15 is 4.39 Å². The van der Waals surface area contributed by atoms with Crippen LogP contribution in [0.1, 0.15) is 36.6 Å². The first-order valence-electron chi connectivity index (χ1n) is 7.97. The van der Waals surface area contributed by atoms with Gasteiger partial charge in [-0.15, -0.1) is 0 Å². The fraction of sp³-hybridized carbons (Fsp3) is 0.389. The van der Waals surface area contributed by atoms with E-state index < -0.39 is 17.5 Å². The molecular formula is C18H19Cl2FN2O2. The van der Waals surface area contributed by atoms with E-state index in [1.54, 1.807) is 37.3 Å². The Morgan fingerprint density at radius 1 is 1.32 bits per heavy atom. The molecule has 3 rings (SSSR count). The standard InChI is InChI=1S/C18H19Cl2FN2O2/c1-17(25)6-7-18(21,13-3-2-8-22-15(13)17)16(24)23-10-11-4-5-12(19)9-14(11)20/h2-5,8-9,16,23-25H,6-7,10H2,1H3/t16?,17-,18-/m0/s1. The van der Waals surface area contributed by atoms with E-state index in [2.05, 4.69) is 10.3 Å². The third-order valence-corrected chi connectivity index (χ3v) is 5.26. The summed E-state index contributed by atoms with van der Waals surface area (Å²) in [5.41, 5.74) is -2.11. The largest absolute Gasteiger partial charge is 0.384 e. The van der Waals surface area contributed by atoms with Crippen LogP contribution in [-0.4, -0.2) is 21.4 Å². The summed E-state index contributed by atoms with van der Waals surface area (Å²) in [5, 5.41) is 24.7. The van der Waals surface area contributed by atoms with Crippen LogP contribution in [0.25, 0.3) is 0 Å². The molecule has 0 spiro atoms. The summed E-state index contributed by atoms with van der Waals surface area (Å²) in [6.07, 6.45) is 0.167. The molecule has 0 bridgehead atoms. The Hall–Kier alpha value is -1.24. The molecule has 1 heterocycles. The molecule has 0 saturated carbocycles. The second-order valence-corrected chi connectivity index (χ2v) is 7.40. The highest BCUT2D eigenvalue weighted by Gasteiger charge is 2.49. The van der Waals surface area contributed by atoms with E-state index in [-0.39, 0.29) is 30.6 Å². The maximum Gasteiger partial charge on any atom is 0.176 e. The molecule has 2 aromatic rings. The number of aromatic nitrogens is 1. The minimum atomic E-state index is -2.05. The average molecular weight is 385 g/mol. The molecule has 4 nitrogen and oxygen atoms in total. The minimum Gasteiger partial charge on any atom is -0.384 e. The second-order valence-electron chi connectivity index (χ2n) is 6.56. The van der Waals surface area contributed by atoms with E-state index in [9.17, 15) is 10.2 Å². The zero-order chi connectivity index (χ0) is 18.2. The highest BCUT2D eigenvalue weighted by molar-refractivity contribution is 6.35. The van der Waals surface area contributed by atoms with Gasteiger partial charge in [0.15, 0.2) is 5.67 Å². The lowest BCUT2D eigenvalue weighted by atomic mass is 9.75. The molecule has 3 atom stereocenters. The predicted octanol–water partition coefficient (Wildman–Crippen LogP) is 3.66. The number of fused-ring (bicyclic) bond motifs is 1. The first-order chi connectivity index (χ1) is 11.7. The number of aliphatic hydroxyl groups is 2. The number of nitrogens with zero attached hydrogens (tertiary/aromatic N) is 1. The van der Waals surface area contributed by atoms with Crippen LogP contribution < -0.4 is 5.32 Å². The zero-order valence-corrected chi connectivity index (χ0v) is 15.2. The van der Waals surface area contributed by atoms with Gasteiger partial charge in [-0.2, -0.15) is 0 Å². The highest BCUT2D eigenvalue weighted by atomic mass is 35.5. The van der Waals surface area contributed by atoms with Crippen LogP contribution in [0.15, 0.2) is 36.5 Å². The monoisotopic (exact) mass is 384 g/mol. The average Bonchev–Trinajstić information content (AvgIpc) is 2.58. The Labute approximate surface area is 155 Å². The van der Waals surface area contributed by atoms with Crippen molar-refractivity contribution in [3.63, 3.8) is 0 Å². The Bertz CT molecular complexity index is 787. The van der Waals surface area contributed by atoms with Gasteiger partial charge < -0.3 is 10.2 Å². The summed E-state index contributed by atoms with van der Waals surface area (Å²) >= 11 is 12.0. The van der Waals surface area contributed by atoms with Crippen molar-refractivity contribution >= 4 is 23.2 Å². The predicted molar refractivity (Wildman–Crippen MR) is 95.1 cm³/mol. The summed E-state index contributed by atoms with van der Waals surface area (Å²) in [6.45, 7) is 1.78. The molecule has 0 fully saturated rings. The second kappa shape index (κ2) is 6.82. The van der Waals surface area contributed by atoms with Crippen LogP contribution in [0.5, 0.6) is 0 Å². The topological polar surface area (TPSA) is 65.4 Å². The van der Waals surface area contributed by atoms with E-state index in [0.717, 1.165) is 0 Å². The van der Waals surface area contributed by atoms with Crippen LogP contribution in [0.4, 0.5) is 4.39 Å². The van der Waals surface area contributed by atoms with Gasteiger partial charge in [0.05, 0.1) is 5.69 Å². The summed E-state index contributed by atoms with van der Waals surface area (Å²) in [5.74, 6) is 0. The summed E-state index contributed by atoms with van der Waals surface area (Å²) in [4.78, 5) is 4.13. The van der Waals surface area contributed by atoms with Crippen molar-refractivity contribution in [1.82, 2.24) is 10.3 Å². The number of hydrogen-bond donors (Lipinski definition) is 3. The minimum absolute atomic E-state index is 0.0266. The van der Waals surface area contributed by atoms with Crippen molar-refractivity contribution in [2.45, 2.75) is 43.8 Å². The van der Waals surface area contributed by atoms with Gasteiger partial charge in [-0.3, -0.25) is 10.3 Å². The first-order valence-corrected chi connectivity index (χ1v) is 8.72. The Morgan fingerprint density at radius 3 is 2.80 bits per heavy atom. The normalized spacial score (nSPS) is 27.0. The maximum atomic E-state index is 15.7. The van der Waals surface area contributed by atoms with Crippen LogP contribution in [-0.2, 0) is 17.8 Å². The lowest BCUT2D eigenvalue weighted by Crippen LogP contribution is -2.50. The van der Waals surface area contributed by atoms with Crippen molar-refractivity contribution in [2.24, 2.45) is 0 Å². The quantitative estimate of drug-likeness (QED) is 0.703.